The molecule has 31 heavy (non-hydrogen) atoms. The Hall–Kier alpha value is -2.60. The van der Waals surface area contributed by atoms with Crippen molar-refractivity contribution in [1.29, 1.82) is 0 Å². The van der Waals surface area contributed by atoms with E-state index in [1.165, 1.54) is 66.2 Å². The molecule has 0 saturated heterocycles. The van der Waals surface area contributed by atoms with Crippen molar-refractivity contribution in [3.8, 4) is 0 Å². The van der Waals surface area contributed by atoms with Crippen LogP contribution < -0.4 is 0 Å². The van der Waals surface area contributed by atoms with E-state index in [1.807, 2.05) is 0 Å². The summed E-state index contributed by atoms with van der Waals surface area (Å²) in [4.78, 5) is 0. The molecule has 0 saturated carbocycles. The topological polar surface area (TPSA) is 0 Å². The number of aryl methyl sites for hydroxylation is 1. The Balaban J connectivity index is 2.08. The Kier molecular flexibility index (Phi) is 4.39. The third-order valence-electron chi connectivity index (χ3n) is 7.01. The van der Waals surface area contributed by atoms with Crippen LogP contribution in [0, 0.1) is 0 Å². The number of benzene rings is 5. The van der Waals surface area contributed by atoms with E-state index in [1.54, 1.807) is 0 Å². The fourth-order valence-electron chi connectivity index (χ4n) is 5.21. The molecule has 0 aliphatic rings. The Morgan fingerprint density at radius 3 is 1.68 bits per heavy atom. The number of rotatable bonds is 2. The zero-order valence-electron chi connectivity index (χ0n) is 20.1. The van der Waals surface area contributed by atoms with E-state index in [2.05, 4.69) is 103 Å². The van der Waals surface area contributed by atoms with E-state index in [4.69, 9.17) is 0 Å². The SMILES string of the molecule is CCCc1ccc2c3cc(C(C)(C)C)cc4cc(C(C)(C)C)cc(c5cccc1c52)c43. The Morgan fingerprint density at radius 2 is 1.13 bits per heavy atom. The van der Waals surface area contributed by atoms with Crippen molar-refractivity contribution in [3.05, 3.63) is 71.3 Å². The van der Waals surface area contributed by atoms with Gasteiger partial charge >= 0.3 is 0 Å². The van der Waals surface area contributed by atoms with E-state index in [-0.39, 0.29) is 10.8 Å². The van der Waals surface area contributed by atoms with Crippen LogP contribution in [-0.4, -0.2) is 0 Å². The molecule has 0 aromatic heterocycles. The second kappa shape index (κ2) is 6.70. The highest BCUT2D eigenvalue weighted by Gasteiger charge is 2.22. The van der Waals surface area contributed by atoms with Gasteiger partial charge in [-0.1, -0.05) is 97.4 Å². The van der Waals surface area contributed by atoms with Crippen molar-refractivity contribution < 1.29 is 0 Å². The van der Waals surface area contributed by atoms with Gasteiger partial charge in [0, 0.05) is 0 Å². The summed E-state index contributed by atoms with van der Waals surface area (Å²) < 4.78 is 0. The predicted molar refractivity (Wildman–Crippen MR) is 139 cm³/mol. The summed E-state index contributed by atoms with van der Waals surface area (Å²) in [6, 6.07) is 21.5. The van der Waals surface area contributed by atoms with Gasteiger partial charge in [-0.3, -0.25) is 0 Å². The van der Waals surface area contributed by atoms with Crippen molar-refractivity contribution in [2.24, 2.45) is 0 Å². The van der Waals surface area contributed by atoms with Crippen molar-refractivity contribution in [3.63, 3.8) is 0 Å². The van der Waals surface area contributed by atoms with Gasteiger partial charge in [-0.05, 0) is 89.2 Å². The fraction of sp³-hybridized carbons (Fsp3) is 0.355. The van der Waals surface area contributed by atoms with Crippen LogP contribution in [0.2, 0.25) is 0 Å². The maximum Gasteiger partial charge on any atom is -0.00236 e. The van der Waals surface area contributed by atoms with Gasteiger partial charge < -0.3 is 0 Å². The first kappa shape index (κ1) is 20.3. The molecule has 5 aromatic carbocycles. The van der Waals surface area contributed by atoms with Crippen molar-refractivity contribution in [2.45, 2.75) is 72.1 Å². The number of hydrogen-bond donors (Lipinski definition) is 0. The molecule has 0 amide bonds. The molecule has 0 bridgehead atoms. The average molecular weight is 407 g/mol. The van der Waals surface area contributed by atoms with Gasteiger partial charge in [0.05, 0.1) is 0 Å². The lowest BCUT2D eigenvalue weighted by molar-refractivity contribution is 0.590. The van der Waals surface area contributed by atoms with Crippen molar-refractivity contribution in [1.82, 2.24) is 0 Å². The molecule has 5 rings (SSSR count). The summed E-state index contributed by atoms with van der Waals surface area (Å²) in [5.74, 6) is 0. The zero-order valence-corrected chi connectivity index (χ0v) is 20.1. The maximum atomic E-state index is 2.47. The third kappa shape index (κ3) is 3.11. The molecular weight excluding hydrogens is 372 g/mol. The first-order chi connectivity index (χ1) is 14.6. The molecule has 0 spiro atoms. The molecule has 0 unspecified atom stereocenters. The molecule has 0 heterocycles. The summed E-state index contributed by atoms with van der Waals surface area (Å²) in [7, 11) is 0. The van der Waals surface area contributed by atoms with Crippen LogP contribution in [0.3, 0.4) is 0 Å². The molecule has 0 aliphatic heterocycles. The van der Waals surface area contributed by atoms with Gasteiger partial charge in [0.15, 0.2) is 0 Å². The van der Waals surface area contributed by atoms with Gasteiger partial charge in [0.25, 0.3) is 0 Å². The zero-order chi connectivity index (χ0) is 22.1. The van der Waals surface area contributed by atoms with Gasteiger partial charge in [-0.25, -0.2) is 0 Å². The summed E-state index contributed by atoms with van der Waals surface area (Å²) >= 11 is 0. The lowest BCUT2D eigenvalue weighted by Crippen LogP contribution is -2.12. The van der Waals surface area contributed by atoms with Crippen LogP contribution in [0.15, 0.2) is 54.6 Å². The Labute approximate surface area is 186 Å². The van der Waals surface area contributed by atoms with Gasteiger partial charge in [-0.15, -0.1) is 0 Å². The number of fused-ring (bicyclic) bond motifs is 2. The molecule has 0 aliphatic carbocycles. The van der Waals surface area contributed by atoms with Crippen LogP contribution in [0.5, 0.6) is 0 Å². The molecule has 0 heteroatoms. The van der Waals surface area contributed by atoms with Crippen LogP contribution >= 0.6 is 0 Å². The first-order valence-electron chi connectivity index (χ1n) is 11.8. The molecule has 0 N–H and O–H groups in total. The average Bonchev–Trinajstić information content (AvgIpc) is 2.70. The first-order valence-corrected chi connectivity index (χ1v) is 11.8. The molecule has 158 valence electrons. The lowest BCUT2D eigenvalue weighted by Gasteiger charge is -2.25. The molecule has 0 atom stereocenters. The van der Waals surface area contributed by atoms with E-state index < -0.39 is 0 Å². The van der Waals surface area contributed by atoms with Crippen LogP contribution in [0.25, 0.3) is 43.1 Å². The smallest absolute Gasteiger partial charge is 0.00236 e. The highest BCUT2D eigenvalue weighted by molar-refractivity contribution is 6.33. The predicted octanol–water partition coefficient (Wildman–Crippen LogP) is 9.28. The minimum atomic E-state index is 0.112. The van der Waals surface area contributed by atoms with Crippen LogP contribution in [0.1, 0.15) is 71.6 Å². The highest BCUT2D eigenvalue weighted by Crippen LogP contribution is 2.44. The van der Waals surface area contributed by atoms with Gasteiger partial charge in [0.2, 0.25) is 0 Å². The normalized spacial score (nSPS) is 13.3. The Bertz CT molecular complexity index is 1370. The quantitative estimate of drug-likeness (QED) is 0.202. The largest absolute Gasteiger partial charge is 0.0651 e. The second-order valence-corrected chi connectivity index (χ2v) is 11.4. The van der Waals surface area contributed by atoms with Crippen molar-refractivity contribution in [2.75, 3.05) is 0 Å². The summed E-state index contributed by atoms with van der Waals surface area (Å²) in [5.41, 5.74) is 4.53. The molecule has 0 fully saturated rings. The second-order valence-electron chi connectivity index (χ2n) is 11.4. The van der Waals surface area contributed by atoms with E-state index in [0.717, 1.165) is 6.42 Å². The molecular formula is C31H34. The van der Waals surface area contributed by atoms with Crippen LogP contribution in [0.4, 0.5) is 0 Å². The van der Waals surface area contributed by atoms with E-state index in [9.17, 15) is 0 Å². The molecule has 0 nitrogen and oxygen atoms in total. The fourth-order valence-corrected chi connectivity index (χ4v) is 5.21. The van der Waals surface area contributed by atoms with Gasteiger partial charge in [-0.2, -0.15) is 0 Å². The highest BCUT2D eigenvalue weighted by atomic mass is 14.3. The third-order valence-corrected chi connectivity index (χ3v) is 7.01. The van der Waals surface area contributed by atoms with E-state index in [0.29, 0.717) is 0 Å². The molecule has 5 aromatic rings. The summed E-state index contributed by atoms with van der Waals surface area (Å²) in [6.45, 7) is 16.2. The minimum Gasteiger partial charge on any atom is -0.0651 e. The summed E-state index contributed by atoms with van der Waals surface area (Å²) in [5, 5.41) is 11.3. The Morgan fingerprint density at radius 1 is 0.581 bits per heavy atom. The van der Waals surface area contributed by atoms with Gasteiger partial charge in [0.1, 0.15) is 0 Å². The monoisotopic (exact) mass is 406 g/mol. The van der Waals surface area contributed by atoms with Crippen molar-refractivity contribution >= 4 is 43.1 Å². The summed E-state index contributed by atoms with van der Waals surface area (Å²) in [6.07, 6.45) is 2.31. The molecule has 0 radical (unpaired) electrons. The minimum absolute atomic E-state index is 0.112. The number of hydrogen-bond acceptors (Lipinski definition) is 0. The lowest BCUT2D eigenvalue weighted by atomic mass is 9.79. The maximum absolute atomic E-state index is 2.47. The van der Waals surface area contributed by atoms with Crippen LogP contribution in [-0.2, 0) is 17.3 Å². The standard InChI is InChI=1S/C31H34/c1-8-10-19-13-14-25-27-18-22(31(5,6)7)16-20-15-21(30(2,3)4)17-26(28(20)27)24-12-9-11-23(19)29(24)25/h9,11-18H,8,10H2,1-7H3. The van der Waals surface area contributed by atoms with E-state index >= 15 is 0 Å².